The van der Waals surface area contributed by atoms with E-state index < -0.39 is 15.0 Å². The normalized spacial score (nSPS) is 18.7. The summed E-state index contributed by atoms with van der Waals surface area (Å²) >= 11 is 0. The third-order valence-corrected chi connectivity index (χ3v) is 4.79. The first-order valence-corrected chi connectivity index (χ1v) is 9.05. The zero-order chi connectivity index (χ0) is 15.5. The molecular formula is C14H17ClO5S. The van der Waals surface area contributed by atoms with E-state index in [2.05, 4.69) is 0 Å². The van der Waals surface area contributed by atoms with Crippen molar-refractivity contribution in [3.05, 3.63) is 29.3 Å². The molecule has 1 atom stereocenters. The lowest BCUT2D eigenvalue weighted by atomic mass is 10.1. The number of hydrogen-bond acceptors (Lipinski definition) is 5. The summed E-state index contributed by atoms with van der Waals surface area (Å²) in [5, 5.41) is 0. The maximum absolute atomic E-state index is 12.2. The van der Waals surface area contributed by atoms with Crippen LogP contribution in [0.4, 0.5) is 0 Å². The van der Waals surface area contributed by atoms with Crippen molar-refractivity contribution in [2.45, 2.75) is 24.7 Å². The third-order valence-electron chi connectivity index (χ3n) is 3.44. The lowest BCUT2D eigenvalue weighted by Crippen LogP contribution is -2.16. The fourth-order valence-electron chi connectivity index (χ4n) is 2.19. The number of hydrogen-bond donors (Lipinski definition) is 0. The number of benzene rings is 1. The molecule has 21 heavy (non-hydrogen) atoms. The average molecular weight is 333 g/mol. The molecule has 0 bridgehead atoms. The molecule has 1 saturated heterocycles. The predicted octanol–water partition coefficient (Wildman–Crippen LogP) is 2.37. The Kier molecular flexibility index (Phi) is 5.24. The fraction of sp³-hybridized carbons (Fsp3) is 0.500. The Morgan fingerprint density at radius 2 is 2.24 bits per heavy atom. The van der Waals surface area contributed by atoms with Crippen LogP contribution in [0.15, 0.2) is 23.1 Å². The molecule has 0 amide bonds. The van der Waals surface area contributed by atoms with E-state index in [1.165, 1.54) is 12.1 Å². The molecule has 116 valence electrons. The van der Waals surface area contributed by atoms with Crippen LogP contribution in [0.25, 0.3) is 0 Å². The molecule has 1 fully saturated rings. The molecule has 7 heteroatoms. The largest absolute Gasteiger partial charge is 0.462 e. The minimum absolute atomic E-state index is 0.0995. The van der Waals surface area contributed by atoms with E-state index in [-0.39, 0.29) is 23.0 Å². The monoisotopic (exact) mass is 332 g/mol. The lowest BCUT2D eigenvalue weighted by Gasteiger charge is -2.12. The minimum Gasteiger partial charge on any atom is -0.462 e. The molecule has 1 aliphatic rings. The van der Waals surface area contributed by atoms with Gasteiger partial charge in [0.15, 0.2) is 0 Å². The van der Waals surface area contributed by atoms with E-state index in [4.69, 9.17) is 20.2 Å². The molecule has 5 nitrogen and oxygen atoms in total. The van der Waals surface area contributed by atoms with Gasteiger partial charge in [-0.05, 0) is 30.5 Å². The van der Waals surface area contributed by atoms with Gasteiger partial charge in [-0.25, -0.2) is 13.2 Å². The maximum Gasteiger partial charge on any atom is 0.338 e. The minimum atomic E-state index is -3.87. The van der Waals surface area contributed by atoms with Gasteiger partial charge in [0.25, 0.3) is 9.05 Å². The van der Waals surface area contributed by atoms with Crippen molar-refractivity contribution >= 4 is 25.7 Å². The number of rotatable bonds is 5. The van der Waals surface area contributed by atoms with Gasteiger partial charge < -0.3 is 9.47 Å². The zero-order valence-electron chi connectivity index (χ0n) is 11.7. The maximum atomic E-state index is 12.2. The van der Waals surface area contributed by atoms with Crippen LogP contribution in [-0.2, 0) is 24.9 Å². The fourth-order valence-corrected chi connectivity index (χ4v) is 2.97. The highest BCUT2D eigenvalue weighted by Crippen LogP contribution is 2.21. The number of carbonyl (C=O) groups is 1. The van der Waals surface area contributed by atoms with Gasteiger partial charge in [0.2, 0.25) is 0 Å². The molecule has 1 aromatic rings. The van der Waals surface area contributed by atoms with Gasteiger partial charge in [0.1, 0.15) is 0 Å². The number of ether oxygens (including phenoxy) is 2. The Morgan fingerprint density at radius 1 is 1.48 bits per heavy atom. The molecule has 0 saturated carbocycles. The summed E-state index contributed by atoms with van der Waals surface area (Å²) in [7, 11) is 1.45. The van der Waals surface area contributed by atoms with Crippen LogP contribution in [0.2, 0.25) is 0 Å². The molecular weight excluding hydrogens is 316 g/mol. The Labute approximate surface area is 128 Å². The zero-order valence-corrected chi connectivity index (χ0v) is 13.2. The van der Waals surface area contributed by atoms with E-state index in [1.54, 1.807) is 6.07 Å². The first kappa shape index (κ1) is 16.3. The smallest absolute Gasteiger partial charge is 0.338 e. The second-order valence-corrected chi connectivity index (χ2v) is 7.50. The number of halogens is 1. The van der Waals surface area contributed by atoms with Crippen LogP contribution < -0.4 is 0 Å². The first-order chi connectivity index (χ1) is 9.91. The number of aryl methyl sites for hydroxylation is 1. The Morgan fingerprint density at radius 3 is 2.81 bits per heavy atom. The molecule has 0 spiro atoms. The van der Waals surface area contributed by atoms with Gasteiger partial charge in [0, 0.05) is 23.2 Å². The number of esters is 1. The quantitative estimate of drug-likeness (QED) is 0.611. The van der Waals surface area contributed by atoms with E-state index >= 15 is 0 Å². The molecule has 0 aliphatic carbocycles. The molecule has 0 aromatic heterocycles. The third kappa shape index (κ3) is 4.18. The van der Waals surface area contributed by atoms with Crippen LogP contribution in [-0.4, -0.2) is 34.2 Å². The summed E-state index contributed by atoms with van der Waals surface area (Å²) in [6.45, 7) is 3.43. The van der Waals surface area contributed by atoms with Crippen molar-refractivity contribution < 1.29 is 22.7 Å². The van der Waals surface area contributed by atoms with Crippen molar-refractivity contribution in [1.29, 1.82) is 0 Å². The van der Waals surface area contributed by atoms with Crippen LogP contribution in [0.1, 0.15) is 29.3 Å². The van der Waals surface area contributed by atoms with Gasteiger partial charge in [-0.15, -0.1) is 0 Å². The van der Waals surface area contributed by atoms with Crippen LogP contribution in [0, 0.1) is 5.92 Å². The molecule has 2 rings (SSSR count). The molecule has 0 radical (unpaired) electrons. The summed E-state index contributed by atoms with van der Waals surface area (Å²) < 4.78 is 33.2. The second kappa shape index (κ2) is 6.77. The molecule has 1 aromatic carbocycles. The van der Waals surface area contributed by atoms with Gasteiger partial charge in [-0.1, -0.05) is 13.0 Å². The van der Waals surface area contributed by atoms with Crippen molar-refractivity contribution in [3.8, 4) is 0 Å². The van der Waals surface area contributed by atoms with Crippen molar-refractivity contribution in [3.63, 3.8) is 0 Å². The standard InChI is InChI=1S/C14H17ClO5S/c1-2-11-3-4-12(21(15,17)18)7-13(11)14(16)20-9-10-5-6-19-8-10/h3-4,7,10H,2,5-6,8-9H2,1H3. The summed E-state index contributed by atoms with van der Waals surface area (Å²) in [5.74, 6) is -0.320. The molecule has 1 aliphatic heterocycles. The summed E-state index contributed by atoms with van der Waals surface area (Å²) in [4.78, 5) is 12.1. The average Bonchev–Trinajstić information content (AvgIpc) is 2.96. The summed E-state index contributed by atoms with van der Waals surface area (Å²) in [6, 6.07) is 4.25. The van der Waals surface area contributed by atoms with E-state index in [1.807, 2.05) is 6.92 Å². The van der Waals surface area contributed by atoms with Gasteiger partial charge in [-0.3, -0.25) is 0 Å². The summed E-state index contributed by atoms with van der Waals surface area (Å²) in [5.41, 5.74) is 0.977. The highest BCUT2D eigenvalue weighted by atomic mass is 35.7. The highest BCUT2D eigenvalue weighted by molar-refractivity contribution is 8.13. The van der Waals surface area contributed by atoms with Crippen molar-refractivity contribution in [2.24, 2.45) is 5.92 Å². The second-order valence-electron chi connectivity index (χ2n) is 4.94. The van der Waals surface area contributed by atoms with Crippen molar-refractivity contribution in [1.82, 2.24) is 0 Å². The van der Waals surface area contributed by atoms with Gasteiger partial charge in [-0.2, -0.15) is 0 Å². The molecule has 0 N–H and O–H groups in total. The molecule has 1 heterocycles. The highest BCUT2D eigenvalue weighted by Gasteiger charge is 2.21. The SMILES string of the molecule is CCc1ccc(S(=O)(=O)Cl)cc1C(=O)OCC1CCOC1. The topological polar surface area (TPSA) is 69.7 Å². The molecule has 1 unspecified atom stereocenters. The first-order valence-electron chi connectivity index (χ1n) is 6.74. The van der Waals surface area contributed by atoms with Crippen LogP contribution in [0.3, 0.4) is 0 Å². The van der Waals surface area contributed by atoms with Crippen molar-refractivity contribution in [2.75, 3.05) is 19.8 Å². The van der Waals surface area contributed by atoms with Crippen LogP contribution in [0.5, 0.6) is 0 Å². The van der Waals surface area contributed by atoms with Gasteiger partial charge in [0.05, 0.1) is 23.7 Å². The summed E-state index contributed by atoms with van der Waals surface area (Å²) in [6.07, 6.45) is 1.46. The predicted molar refractivity (Wildman–Crippen MR) is 78.1 cm³/mol. The van der Waals surface area contributed by atoms with Gasteiger partial charge >= 0.3 is 5.97 Å². The lowest BCUT2D eigenvalue weighted by molar-refractivity contribution is 0.0426. The van der Waals surface area contributed by atoms with E-state index in [0.717, 1.165) is 12.0 Å². The number of carbonyl (C=O) groups excluding carboxylic acids is 1. The van der Waals surface area contributed by atoms with E-state index in [9.17, 15) is 13.2 Å². The van der Waals surface area contributed by atoms with E-state index in [0.29, 0.717) is 19.6 Å². The Balaban J connectivity index is 2.17. The Bertz CT molecular complexity index is 620. The Hall–Kier alpha value is -1.11. The van der Waals surface area contributed by atoms with Crippen LogP contribution >= 0.6 is 10.7 Å².